The van der Waals surface area contributed by atoms with Gasteiger partial charge in [-0.1, -0.05) is 0 Å². The Labute approximate surface area is 92.7 Å². The van der Waals surface area contributed by atoms with Crippen LogP contribution in [0.3, 0.4) is 0 Å². The second-order valence-electron chi connectivity index (χ2n) is 2.65. The van der Waals surface area contributed by atoms with Crippen molar-refractivity contribution in [2.24, 2.45) is 0 Å². The van der Waals surface area contributed by atoms with Crippen molar-refractivity contribution in [3.8, 4) is 6.07 Å². The van der Waals surface area contributed by atoms with E-state index < -0.39 is 37.2 Å². The van der Waals surface area contributed by atoms with Gasteiger partial charge in [0.25, 0.3) is 21.0 Å². The van der Waals surface area contributed by atoms with E-state index in [1.807, 2.05) is 4.98 Å². The monoisotopic (exact) mass is 268 g/mol. The van der Waals surface area contributed by atoms with Crippen LogP contribution in [0.4, 0.5) is 8.78 Å². The van der Waals surface area contributed by atoms with Gasteiger partial charge in [0.1, 0.15) is 11.8 Å². The first-order valence-corrected chi connectivity index (χ1v) is 5.98. The Kier molecular flexibility index (Phi) is 3.30. The van der Waals surface area contributed by atoms with Gasteiger partial charge in [-0.2, -0.15) is 5.26 Å². The predicted molar refractivity (Wildman–Crippen MR) is 49.8 cm³/mol. The minimum absolute atomic E-state index is 0.468. The maximum atomic E-state index is 12.5. The van der Waals surface area contributed by atoms with E-state index in [1.165, 1.54) is 6.07 Å². The van der Waals surface area contributed by atoms with Crippen molar-refractivity contribution < 1.29 is 17.2 Å². The predicted octanol–water partition coefficient (Wildman–Crippen LogP) is 1.11. The zero-order valence-corrected chi connectivity index (χ0v) is 8.94. The highest BCUT2D eigenvalue weighted by Crippen LogP contribution is 2.26. The van der Waals surface area contributed by atoms with Gasteiger partial charge >= 0.3 is 0 Å². The molecule has 86 valence electrons. The van der Waals surface area contributed by atoms with Gasteiger partial charge in [-0.05, 0) is 6.07 Å². The molecule has 16 heavy (non-hydrogen) atoms. The number of rotatable bonds is 2. The lowest BCUT2D eigenvalue weighted by Crippen LogP contribution is -2.19. The van der Waals surface area contributed by atoms with Gasteiger partial charge in [0.15, 0.2) is 4.90 Å². The van der Waals surface area contributed by atoms with Crippen LogP contribution in [0, 0.1) is 11.3 Å². The van der Waals surface area contributed by atoms with E-state index in [9.17, 15) is 22.0 Å². The Morgan fingerprint density at radius 3 is 2.44 bits per heavy atom. The van der Waals surface area contributed by atoms with E-state index in [2.05, 4.69) is 0 Å². The molecule has 0 saturated heterocycles. The van der Waals surface area contributed by atoms with Crippen molar-refractivity contribution >= 4 is 19.7 Å². The van der Waals surface area contributed by atoms with Crippen LogP contribution in [0.2, 0.25) is 0 Å². The third-order valence-corrected chi connectivity index (χ3v) is 2.99. The molecule has 0 atom stereocenters. The Morgan fingerprint density at radius 2 is 2.06 bits per heavy atom. The molecule has 0 spiro atoms. The van der Waals surface area contributed by atoms with E-state index in [-0.39, 0.29) is 0 Å². The highest BCUT2D eigenvalue weighted by atomic mass is 35.7. The van der Waals surface area contributed by atoms with Gasteiger partial charge in [-0.25, -0.2) is 17.2 Å². The van der Waals surface area contributed by atoms with Crippen LogP contribution in [0.1, 0.15) is 17.7 Å². The summed E-state index contributed by atoms with van der Waals surface area (Å²) in [6, 6.07) is 1.99. The summed E-state index contributed by atoms with van der Waals surface area (Å²) in [5.41, 5.74) is -2.90. The Morgan fingerprint density at radius 1 is 1.50 bits per heavy atom. The average molecular weight is 269 g/mol. The fourth-order valence-electron chi connectivity index (χ4n) is 1.04. The average Bonchev–Trinajstić information content (AvgIpc) is 2.14. The number of aromatic amines is 1. The molecule has 1 rings (SSSR count). The van der Waals surface area contributed by atoms with Crippen molar-refractivity contribution in [3.05, 3.63) is 27.7 Å². The second-order valence-corrected chi connectivity index (χ2v) is 5.15. The maximum absolute atomic E-state index is 12.5. The van der Waals surface area contributed by atoms with Gasteiger partial charge < -0.3 is 4.98 Å². The third-order valence-electron chi connectivity index (χ3n) is 1.62. The van der Waals surface area contributed by atoms with Gasteiger partial charge in [0.2, 0.25) is 0 Å². The molecule has 0 aromatic carbocycles. The standard InChI is InChI=1S/C7H3ClF2N2O3S/c8-16(14,15)5-4(6(9)10)1-3(2-11)12-7(5)13/h1,6H,(H,12,13). The summed E-state index contributed by atoms with van der Waals surface area (Å²) in [4.78, 5) is 11.7. The number of nitrogens with one attached hydrogen (secondary N) is 1. The quantitative estimate of drug-likeness (QED) is 0.814. The number of halogens is 3. The first-order valence-electron chi connectivity index (χ1n) is 3.67. The van der Waals surface area contributed by atoms with Gasteiger partial charge in [-0.15, -0.1) is 0 Å². The lowest BCUT2D eigenvalue weighted by molar-refractivity contribution is 0.147. The Balaban J connectivity index is 3.76. The van der Waals surface area contributed by atoms with Crippen molar-refractivity contribution in [3.63, 3.8) is 0 Å². The SMILES string of the molecule is N#Cc1cc(C(F)F)c(S(=O)(=O)Cl)c(=O)[nH]1. The number of nitrogens with zero attached hydrogens (tertiary/aromatic N) is 1. The number of pyridine rings is 1. The highest BCUT2D eigenvalue weighted by molar-refractivity contribution is 8.13. The van der Waals surface area contributed by atoms with Crippen molar-refractivity contribution in [2.75, 3.05) is 0 Å². The van der Waals surface area contributed by atoms with Crippen LogP contribution in [0.25, 0.3) is 0 Å². The van der Waals surface area contributed by atoms with Crippen LogP contribution in [0.5, 0.6) is 0 Å². The molecular formula is C7H3ClF2N2O3S. The first kappa shape index (κ1) is 12.6. The fourth-order valence-corrected chi connectivity index (χ4v) is 2.22. The first-order chi connectivity index (χ1) is 7.27. The van der Waals surface area contributed by atoms with Crippen LogP contribution in [0.15, 0.2) is 15.8 Å². The summed E-state index contributed by atoms with van der Waals surface area (Å²) >= 11 is 0. The number of H-pyrrole nitrogens is 1. The van der Waals surface area contributed by atoms with Gasteiger partial charge in [-0.3, -0.25) is 4.79 Å². The number of nitriles is 1. The number of hydrogen-bond donors (Lipinski definition) is 1. The van der Waals surface area contributed by atoms with Crippen LogP contribution in [-0.4, -0.2) is 13.4 Å². The van der Waals surface area contributed by atoms with E-state index >= 15 is 0 Å². The zero-order chi connectivity index (χ0) is 12.5. The Hall–Kier alpha value is -1.46. The minimum Gasteiger partial charge on any atom is -0.312 e. The summed E-state index contributed by atoms with van der Waals surface area (Å²) in [6.45, 7) is 0. The molecule has 1 aromatic heterocycles. The normalized spacial score (nSPS) is 11.4. The highest BCUT2D eigenvalue weighted by Gasteiger charge is 2.26. The second kappa shape index (κ2) is 4.19. The van der Waals surface area contributed by atoms with Crippen molar-refractivity contribution in [1.82, 2.24) is 4.98 Å². The summed E-state index contributed by atoms with van der Waals surface area (Å²) in [5.74, 6) is 0. The largest absolute Gasteiger partial charge is 0.312 e. The molecule has 1 heterocycles. The van der Waals surface area contributed by atoms with Crippen LogP contribution < -0.4 is 5.56 Å². The van der Waals surface area contributed by atoms with Crippen molar-refractivity contribution in [2.45, 2.75) is 11.3 Å². The Bertz CT molecular complexity index is 617. The summed E-state index contributed by atoms with van der Waals surface area (Å²) < 4.78 is 46.8. The van der Waals surface area contributed by atoms with Crippen LogP contribution in [-0.2, 0) is 9.05 Å². The third kappa shape index (κ3) is 2.37. The molecule has 0 fully saturated rings. The summed E-state index contributed by atoms with van der Waals surface area (Å²) in [5, 5.41) is 8.41. The molecular weight excluding hydrogens is 266 g/mol. The van der Waals surface area contributed by atoms with E-state index in [4.69, 9.17) is 15.9 Å². The fraction of sp³-hybridized carbons (Fsp3) is 0.143. The number of hydrogen-bond acceptors (Lipinski definition) is 4. The molecule has 0 aliphatic rings. The molecule has 9 heteroatoms. The summed E-state index contributed by atoms with van der Waals surface area (Å²) in [7, 11) is 0.249. The number of aromatic nitrogens is 1. The molecule has 0 bridgehead atoms. The van der Waals surface area contributed by atoms with E-state index in [0.29, 0.717) is 6.07 Å². The molecule has 0 unspecified atom stereocenters. The van der Waals surface area contributed by atoms with E-state index in [1.54, 1.807) is 0 Å². The minimum atomic E-state index is -4.60. The van der Waals surface area contributed by atoms with Gasteiger partial charge in [0.05, 0.1) is 0 Å². The lowest BCUT2D eigenvalue weighted by atomic mass is 10.2. The topological polar surface area (TPSA) is 90.8 Å². The smallest absolute Gasteiger partial charge is 0.269 e. The molecule has 1 N–H and O–H groups in total. The molecule has 0 radical (unpaired) electrons. The molecule has 1 aromatic rings. The number of alkyl halides is 2. The maximum Gasteiger partial charge on any atom is 0.269 e. The molecule has 0 aliphatic heterocycles. The van der Waals surface area contributed by atoms with E-state index in [0.717, 1.165) is 0 Å². The zero-order valence-electron chi connectivity index (χ0n) is 7.37. The van der Waals surface area contributed by atoms with Gasteiger partial charge in [0, 0.05) is 16.2 Å². The summed E-state index contributed by atoms with van der Waals surface area (Å²) in [6.07, 6.45) is -3.22. The molecule has 0 aliphatic carbocycles. The van der Waals surface area contributed by atoms with Crippen molar-refractivity contribution in [1.29, 1.82) is 5.26 Å². The molecule has 5 nitrogen and oxygen atoms in total. The van der Waals surface area contributed by atoms with Crippen LogP contribution >= 0.6 is 10.7 Å². The lowest BCUT2D eigenvalue weighted by Gasteiger charge is -2.04. The molecule has 0 saturated carbocycles. The molecule has 0 amide bonds.